The molecule has 94 valence electrons. The highest BCUT2D eigenvalue weighted by Gasteiger charge is 2.25. The van der Waals surface area contributed by atoms with Gasteiger partial charge in [-0.1, -0.05) is 0 Å². The highest BCUT2D eigenvalue weighted by atomic mass is 32.2. The van der Waals surface area contributed by atoms with Gasteiger partial charge in [-0.3, -0.25) is 4.79 Å². The van der Waals surface area contributed by atoms with E-state index in [4.69, 9.17) is 5.11 Å². The lowest BCUT2D eigenvalue weighted by Gasteiger charge is -2.26. The molecule has 1 rings (SSSR count). The Balaban J connectivity index is 2.49. The number of carboxylic acid groups (broad SMARTS) is 1. The van der Waals surface area contributed by atoms with Crippen molar-refractivity contribution in [2.75, 3.05) is 32.4 Å². The van der Waals surface area contributed by atoms with Crippen LogP contribution in [0.4, 0.5) is 0 Å². The third-order valence-electron chi connectivity index (χ3n) is 2.75. The summed E-state index contributed by atoms with van der Waals surface area (Å²) < 4.78 is 24.3. The van der Waals surface area contributed by atoms with Crippen molar-refractivity contribution in [1.29, 1.82) is 0 Å². The minimum atomic E-state index is -3.65. The molecular weight excluding hydrogens is 232 g/mol. The molecule has 0 aliphatic carbocycles. The van der Waals surface area contributed by atoms with Crippen LogP contribution in [-0.2, 0) is 14.8 Å². The molecule has 0 aromatic carbocycles. The summed E-state index contributed by atoms with van der Waals surface area (Å²) in [6.07, 6.45) is 1.87. The molecule has 2 N–H and O–H groups in total. The number of piperidine rings is 1. The monoisotopic (exact) mass is 250 g/mol. The number of aliphatic carboxylic acids is 1. The van der Waals surface area contributed by atoms with E-state index in [0.29, 0.717) is 12.5 Å². The van der Waals surface area contributed by atoms with E-state index in [9.17, 15) is 13.2 Å². The maximum Gasteiger partial charge on any atom is 0.320 e. The molecule has 0 bridgehead atoms. The quantitative estimate of drug-likeness (QED) is 0.676. The molecule has 0 amide bonds. The lowest BCUT2D eigenvalue weighted by Crippen LogP contribution is -2.39. The van der Waals surface area contributed by atoms with Crippen LogP contribution in [0.25, 0.3) is 0 Å². The predicted molar refractivity (Wildman–Crippen MR) is 59.6 cm³/mol. The summed E-state index contributed by atoms with van der Waals surface area (Å²) in [6.45, 7) is 2.21. The van der Waals surface area contributed by atoms with Gasteiger partial charge in [-0.15, -0.1) is 0 Å². The van der Waals surface area contributed by atoms with E-state index in [1.54, 1.807) is 0 Å². The Labute approximate surface area is 95.7 Å². The van der Waals surface area contributed by atoms with Gasteiger partial charge in [-0.25, -0.2) is 12.7 Å². The van der Waals surface area contributed by atoms with E-state index in [-0.39, 0.29) is 0 Å². The molecule has 6 nitrogen and oxygen atoms in total. The first kappa shape index (κ1) is 13.4. The average Bonchev–Trinajstić information content (AvgIpc) is 2.17. The summed E-state index contributed by atoms with van der Waals surface area (Å²) in [5.74, 6) is -1.80. The van der Waals surface area contributed by atoms with Gasteiger partial charge in [-0.05, 0) is 31.8 Å². The van der Waals surface area contributed by atoms with Crippen molar-refractivity contribution in [3.8, 4) is 0 Å². The molecule has 1 saturated heterocycles. The topological polar surface area (TPSA) is 86.7 Å². The Morgan fingerprint density at radius 1 is 1.44 bits per heavy atom. The maximum absolute atomic E-state index is 11.5. The molecule has 0 aromatic heterocycles. The average molecular weight is 250 g/mol. The summed E-state index contributed by atoms with van der Waals surface area (Å²) in [6, 6.07) is 0. The van der Waals surface area contributed by atoms with Gasteiger partial charge in [0.1, 0.15) is 0 Å². The number of nitrogens with zero attached hydrogens (tertiary/aromatic N) is 1. The molecule has 1 aliphatic heterocycles. The van der Waals surface area contributed by atoms with Gasteiger partial charge in [0.2, 0.25) is 10.0 Å². The number of rotatable bonds is 5. The van der Waals surface area contributed by atoms with Crippen LogP contribution in [0.15, 0.2) is 0 Å². The Kier molecular flexibility index (Phi) is 4.69. The molecule has 0 spiro atoms. The number of carbonyl (C=O) groups is 1. The van der Waals surface area contributed by atoms with E-state index in [2.05, 4.69) is 5.32 Å². The fourth-order valence-corrected chi connectivity index (χ4v) is 2.78. The fourth-order valence-electron chi connectivity index (χ4n) is 1.81. The van der Waals surface area contributed by atoms with Gasteiger partial charge >= 0.3 is 5.97 Å². The van der Waals surface area contributed by atoms with E-state index in [1.807, 2.05) is 0 Å². The van der Waals surface area contributed by atoms with Crippen molar-refractivity contribution < 1.29 is 18.3 Å². The van der Waals surface area contributed by atoms with Crippen molar-refractivity contribution in [2.24, 2.45) is 5.92 Å². The summed E-state index contributed by atoms with van der Waals surface area (Å²) >= 11 is 0. The zero-order valence-corrected chi connectivity index (χ0v) is 10.2. The predicted octanol–water partition coefficient (Wildman–Crippen LogP) is -0.668. The number of sulfonamides is 1. The van der Waals surface area contributed by atoms with Gasteiger partial charge < -0.3 is 10.4 Å². The standard InChI is InChI=1S/C9H18N2O4S/c1-11(16(14,15)7-9(12)13)6-8-2-4-10-5-3-8/h8,10H,2-7H2,1H3,(H,12,13). The summed E-state index contributed by atoms with van der Waals surface area (Å²) in [5.41, 5.74) is 0. The highest BCUT2D eigenvalue weighted by molar-refractivity contribution is 7.89. The van der Waals surface area contributed by atoms with Gasteiger partial charge in [0.05, 0.1) is 0 Å². The van der Waals surface area contributed by atoms with Gasteiger partial charge in [0.15, 0.2) is 5.75 Å². The number of nitrogens with one attached hydrogen (secondary N) is 1. The summed E-state index contributed by atoms with van der Waals surface area (Å²) in [7, 11) is -2.20. The summed E-state index contributed by atoms with van der Waals surface area (Å²) in [5, 5.41) is 11.7. The third-order valence-corrected chi connectivity index (χ3v) is 4.47. The highest BCUT2D eigenvalue weighted by Crippen LogP contribution is 2.14. The van der Waals surface area contributed by atoms with Crippen molar-refractivity contribution in [2.45, 2.75) is 12.8 Å². The smallest absolute Gasteiger partial charge is 0.320 e. The normalized spacial score (nSPS) is 18.9. The molecular formula is C9H18N2O4S. The van der Waals surface area contributed by atoms with Crippen LogP contribution in [0.2, 0.25) is 0 Å². The minimum Gasteiger partial charge on any atom is -0.480 e. The Bertz CT molecular complexity index is 335. The zero-order chi connectivity index (χ0) is 12.2. The number of carboxylic acids is 1. The first-order chi connectivity index (χ1) is 7.42. The van der Waals surface area contributed by atoms with E-state index in [1.165, 1.54) is 7.05 Å². The van der Waals surface area contributed by atoms with Crippen LogP contribution in [0.5, 0.6) is 0 Å². The second kappa shape index (κ2) is 5.60. The van der Waals surface area contributed by atoms with Crippen molar-refractivity contribution in [3.63, 3.8) is 0 Å². The van der Waals surface area contributed by atoms with Gasteiger partial charge in [0, 0.05) is 13.6 Å². The van der Waals surface area contributed by atoms with Crippen molar-refractivity contribution in [1.82, 2.24) is 9.62 Å². The molecule has 16 heavy (non-hydrogen) atoms. The van der Waals surface area contributed by atoms with Crippen molar-refractivity contribution >= 4 is 16.0 Å². The van der Waals surface area contributed by atoms with Crippen LogP contribution in [-0.4, -0.2) is 56.2 Å². The lowest BCUT2D eigenvalue weighted by atomic mass is 9.98. The van der Waals surface area contributed by atoms with Gasteiger partial charge in [0.25, 0.3) is 0 Å². The first-order valence-corrected chi connectivity index (χ1v) is 6.89. The first-order valence-electron chi connectivity index (χ1n) is 5.28. The molecule has 1 fully saturated rings. The Morgan fingerprint density at radius 3 is 2.50 bits per heavy atom. The molecule has 7 heteroatoms. The van der Waals surface area contributed by atoms with Crippen LogP contribution >= 0.6 is 0 Å². The Morgan fingerprint density at radius 2 is 2.00 bits per heavy atom. The van der Waals surface area contributed by atoms with Crippen LogP contribution in [0.3, 0.4) is 0 Å². The SMILES string of the molecule is CN(CC1CCNCC1)S(=O)(=O)CC(=O)O. The largest absolute Gasteiger partial charge is 0.480 e. The van der Waals surface area contributed by atoms with E-state index < -0.39 is 21.7 Å². The second-order valence-electron chi connectivity index (χ2n) is 4.12. The van der Waals surface area contributed by atoms with E-state index in [0.717, 1.165) is 30.2 Å². The van der Waals surface area contributed by atoms with Crippen LogP contribution in [0, 0.1) is 5.92 Å². The lowest BCUT2D eigenvalue weighted by molar-refractivity contribution is -0.134. The van der Waals surface area contributed by atoms with Crippen LogP contribution < -0.4 is 5.32 Å². The third kappa shape index (κ3) is 4.07. The Hall–Kier alpha value is -0.660. The van der Waals surface area contributed by atoms with Crippen molar-refractivity contribution in [3.05, 3.63) is 0 Å². The van der Waals surface area contributed by atoms with E-state index >= 15 is 0 Å². The maximum atomic E-state index is 11.5. The fraction of sp³-hybridized carbons (Fsp3) is 0.889. The zero-order valence-electron chi connectivity index (χ0n) is 9.35. The molecule has 0 radical (unpaired) electrons. The molecule has 1 heterocycles. The molecule has 1 aliphatic rings. The van der Waals surface area contributed by atoms with Gasteiger partial charge in [-0.2, -0.15) is 0 Å². The molecule has 0 saturated carbocycles. The molecule has 0 aromatic rings. The number of hydrogen-bond acceptors (Lipinski definition) is 4. The summed E-state index contributed by atoms with van der Waals surface area (Å²) in [4.78, 5) is 10.4. The van der Waals surface area contributed by atoms with Crippen LogP contribution in [0.1, 0.15) is 12.8 Å². The molecule has 0 unspecified atom stereocenters. The number of hydrogen-bond donors (Lipinski definition) is 2. The molecule has 0 atom stereocenters. The second-order valence-corrected chi connectivity index (χ2v) is 6.20. The minimum absolute atomic E-state index is 0.329.